The van der Waals surface area contributed by atoms with Crippen molar-refractivity contribution in [3.05, 3.63) is 52.4 Å². The highest BCUT2D eigenvalue weighted by atomic mass is 79.9. The van der Waals surface area contributed by atoms with Gasteiger partial charge in [-0.1, -0.05) is 22.0 Å². The molecule has 9 nitrogen and oxygen atoms in total. The Bertz CT molecular complexity index is 1430. The average Bonchev–Trinajstić information content (AvgIpc) is 3.56. The lowest BCUT2D eigenvalue weighted by atomic mass is 9.73. The number of aromatic nitrogens is 3. The number of carbonyl (C=O) groups excluding carboxylic acids is 3. The van der Waals surface area contributed by atoms with Crippen LogP contribution in [0.4, 0.5) is 14.5 Å². The van der Waals surface area contributed by atoms with Gasteiger partial charge in [-0.15, -0.1) is 0 Å². The molecule has 1 aromatic carbocycles. The van der Waals surface area contributed by atoms with E-state index in [2.05, 4.69) is 31.1 Å². The highest BCUT2D eigenvalue weighted by molar-refractivity contribution is 9.10. The number of amides is 3. The van der Waals surface area contributed by atoms with E-state index in [0.29, 0.717) is 37.3 Å². The SMILES string of the molecule is O=C(CN1C(=O)C2(CCN(C(=O)c3cc4cn[nH]c4cn3)CC2)c2c(Br)cccc21)N1CCC(F)(F)C1. The van der Waals surface area contributed by atoms with Gasteiger partial charge in [0.05, 0.1) is 29.9 Å². The Hall–Kier alpha value is -3.41. The molecule has 2 aromatic heterocycles. The van der Waals surface area contributed by atoms with Crippen LogP contribution in [0.1, 0.15) is 35.3 Å². The van der Waals surface area contributed by atoms with Crippen LogP contribution in [0.5, 0.6) is 0 Å². The predicted molar refractivity (Wildman–Crippen MR) is 133 cm³/mol. The smallest absolute Gasteiger partial charge is 0.272 e. The second-order valence-electron chi connectivity index (χ2n) is 9.85. The Labute approximate surface area is 218 Å². The first kappa shape index (κ1) is 24.0. The number of carbonyl (C=O) groups is 3. The monoisotopic (exact) mass is 572 g/mol. The van der Waals surface area contributed by atoms with Crippen molar-refractivity contribution in [3.63, 3.8) is 0 Å². The molecule has 2 saturated heterocycles. The standard InChI is InChI=1S/C25H23BrF2N6O3/c26-16-2-1-3-19-21(16)24(23(37)34(19)13-20(35)33-9-6-25(27,28)14-33)4-7-32(8-5-24)22(36)17-10-15-11-30-31-18(15)12-29-17/h1-3,10-12H,4-9,13-14H2,(H,30,31). The van der Waals surface area contributed by atoms with Crippen molar-refractivity contribution in [2.45, 2.75) is 30.6 Å². The minimum Gasteiger partial charge on any atom is -0.337 e. The maximum absolute atomic E-state index is 13.9. The molecule has 1 spiro atoms. The molecule has 5 heterocycles. The molecule has 37 heavy (non-hydrogen) atoms. The summed E-state index contributed by atoms with van der Waals surface area (Å²) in [5.41, 5.74) is 1.51. The Morgan fingerprint density at radius 1 is 1.08 bits per heavy atom. The third-order valence-electron chi connectivity index (χ3n) is 7.68. The minimum absolute atomic E-state index is 0.0277. The lowest BCUT2D eigenvalue weighted by Gasteiger charge is -2.38. The maximum Gasteiger partial charge on any atom is 0.272 e. The first-order valence-electron chi connectivity index (χ1n) is 12.0. The van der Waals surface area contributed by atoms with Gasteiger partial charge in [0.2, 0.25) is 11.8 Å². The van der Waals surface area contributed by atoms with Crippen LogP contribution in [-0.2, 0) is 15.0 Å². The fraction of sp³-hybridized carbons (Fsp3) is 0.400. The lowest BCUT2D eigenvalue weighted by Crippen LogP contribution is -2.51. The number of nitrogens with zero attached hydrogens (tertiary/aromatic N) is 5. The topological polar surface area (TPSA) is 102 Å². The van der Waals surface area contributed by atoms with Gasteiger partial charge >= 0.3 is 0 Å². The number of piperidine rings is 1. The molecule has 0 atom stereocenters. The molecule has 12 heteroatoms. The number of pyridine rings is 1. The van der Waals surface area contributed by atoms with Crippen molar-refractivity contribution < 1.29 is 23.2 Å². The van der Waals surface area contributed by atoms with Crippen molar-refractivity contribution in [1.82, 2.24) is 25.0 Å². The lowest BCUT2D eigenvalue weighted by molar-refractivity contribution is -0.132. The van der Waals surface area contributed by atoms with Gasteiger partial charge in [0.15, 0.2) is 0 Å². The van der Waals surface area contributed by atoms with Crippen molar-refractivity contribution in [1.29, 1.82) is 0 Å². The zero-order chi connectivity index (χ0) is 25.9. The summed E-state index contributed by atoms with van der Waals surface area (Å²) in [6, 6.07) is 7.10. The Kier molecular flexibility index (Phi) is 5.55. The molecule has 6 rings (SSSR count). The summed E-state index contributed by atoms with van der Waals surface area (Å²) < 4.78 is 28.1. The van der Waals surface area contributed by atoms with Crippen LogP contribution in [0.2, 0.25) is 0 Å². The third kappa shape index (κ3) is 3.89. The van der Waals surface area contributed by atoms with Crippen LogP contribution in [0.3, 0.4) is 0 Å². The van der Waals surface area contributed by atoms with Crippen molar-refractivity contribution in [2.75, 3.05) is 37.6 Å². The second-order valence-corrected chi connectivity index (χ2v) is 10.7. The number of halogens is 3. The number of rotatable bonds is 3. The molecule has 0 aliphatic carbocycles. The Morgan fingerprint density at radius 3 is 2.57 bits per heavy atom. The van der Waals surface area contributed by atoms with E-state index in [1.165, 1.54) is 4.90 Å². The number of alkyl halides is 2. The van der Waals surface area contributed by atoms with E-state index in [4.69, 9.17) is 0 Å². The molecule has 1 N–H and O–H groups in total. The molecule has 3 amide bonds. The van der Waals surface area contributed by atoms with Gasteiger partial charge in [-0.25, -0.2) is 13.8 Å². The van der Waals surface area contributed by atoms with Crippen LogP contribution >= 0.6 is 15.9 Å². The second kappa shape index (κ2) is 8.57. The first-order valence-corrected chi connectivity index (χ1v) is 12.8. The summed E-state index contributed by atoms with van der Waals surface area (Å²) in [5, 5.41) is 7.55. The third-order valence-corrected chi connectivity index (χ3v) is 8.34. The molecule has 0 saturated carbocycles. The Morgan fingerprint density at radius 2 is 1.84 bits per heavy atom. The fourth-order valence-corrected chi connectivity index (χ4v) is 6.44. The molecule has 0 bridgehead atoms. The summed E-state index contributed by atoms with van der Waals surface area (Å²) in [6.07, 6.45) is 3.57. The molecule has 3 aliphatic rings. The minimum atomic E-state index is -2.90. The normalized spacial score (nSPS) is 20.2. The predicted octanol–water partition coefficient (Wildman–Crippen LogP) is 3.11. The van der Waals surface area contributed by atoms with Crippen LogP contribution < -0.4 is 4.90 Å². The molecule has 3 aliphatic heterocycles. The maximum atomic E-state index is 13.9. The van der Waals surface area contributed by atoms with E-state index >= 15 is 0 Å². The zero-order valence-corrected chi connectivity index (χ0v) is 21.3. The van der Waals surface area contributed by atoms with Gasteiger partial charge in [0, 0.05) is 47.2 Å². The zero-order valence-electron chi connectivity index (χ0n) is 19.7. The number of nitrogens with one attached hydrogen (secondary N) is 1. The van der Waals surface area contributed by atoms with Crippen LogP contribution in [0, 0.1) is 0 Å². The van der Waals surface area contributed by atoms with Gasteiger partial charge in [-0.05, 0) is 31.0 Å². The fourth-order valence-electron chi connectivity index (χ4n) is 5.70. The molecular weight excluding hydrogens is 550 g/mol. The van der Waals surface area contributed by atoms with Crippen molar-refractivity contribution in [3.8, 4) is 0 Å². The van der Waals surface area contributed by atoms with Crippen molar-refractivity contribution >= 4 is 50.2 Å². The van der Waals surface area contributed by atoms with E-state index < -0.39 is 23.8 Å². The summed E-state index contributed by atoms with van der Waals surface area (Å²) in [6.45, 7) is -0.287. The summed E-state index contributed by atoms with van der Waals surface area (Å²) in [5.74, 6) is -3.86. The van der Waals surface area contributed by atoms with Crippen LogP contribution in [0.15, 0.2) is 41.1 Å². The van der Waals surface area contributed by atoms with E-state index in [0.717, 1.165) is 25.8 Å². The number of benzene rings is 1. The van der Waals surface area contributed by atoms with E-state index in [1.807, 2.05) is 6.07 Å². The Balaban J connectivity index is 1.23. The number of hydrogen-bond acceptors (Lipinski definition) is 5. The van der Waals surface area contributed by atoms with Gasteiger partial charge in [-0.3, -0.25) is 19.5 Å². The molecule has 0 unspecified atom stereocenters. The number of H-pyrrole nitrogens is 1. The molecule has 192 valence electrons. The quantitative estimate of drug-likeness (QED) is 0.519. The van der Waals surface area contributed by atoms with Gasteiger partial charge < -0.3 is 14.7 Å². The van der Waals surface area contributed by atoms with Crippen molar-refractivity contribution in [2.24, 2.45) is 0 Å². The summed E-state index contributed by atoms with van der Waals surface area (Å²) in [7, 11) is 0. The molecule has 3 aromatic rings. The number of fused-ring (bicyclic) bond motifs is 3. The summed E-state index contributed by atoms with van der Waals surface area (Å²) in [4.78, 5) is 48.5. The van der Waals surface area contributed by atoms with Crippen LogP contribution in [-0.4, -0.2) is 81.3 Å². The average molecular weight is 573 g/mol. The van der Waals surface area contributed by atoms with Crippen LogP contribution in [0.25, 0.3) is 10.9 Å². The van der Waals surface area contributed by atoms with E-state index in [-0.39, 0.29) is 31.3 Å². The highest BCUT2D eigenvalue weighted by Crippen LogP contribution is 2.51. The van der Waals surface area contributed by atoms with Gasteiger partial charge in [-0.2, -0.15) is 5.10 Å². The molecule has 0 radical (unpaired) electrons. The van der Waals surface area contributed by atoms with E-state index in [1.54, 1.807) is 35.5 Å². The number of likely N-dealkylation sites (tertiary alicyclic amines) is 2. The first-order chi connectivity index (χ1) is 17.7. The number of anilines is 1. The number of hydrogen-bond donors (Lipinski definition) is 1. The largest absolute Gasteiger partial charge is 0.337 e. The highest BCUT2D eigenvalue weighted by Gasteiger charge is 2.54. The van der Waals surface area contributed by atoms with Gasteiger partial charge in [0.1, 0.15) is 12.2 Å². The van der Waals surface area contributed by atoms with E-state index in [9.17, 15) is 23.2 Å². The molecule has 2 fully saturated rings. The van der Waals surface area contributed by atoms with Gasteiger partial charge in [0.25, 0.3) is 11.8 Å². The molecular formula is C25H23BrF2N6O3. The number of aromatic amines is 1. The summed E-state index contributed by atoms with van der Waals surface area (Å²) >= 11 is 3.59.